The van der Waals surface area contributed by atoms with Crippen molar-refractivity contribution in [2.75, 3.05) is 6.61 Å². The van der Waals surface area contributed by atoms with Gasteiger partial charge in [-0.3, -0.25) is 5.10 Å². The zero-order chi connectivity index (χ0) is 14.6. The summed E-state index contributed by atoms with van der Waals surface area (Å²) in [6.45, 7) is 1.79. The van der Waals surface area contributed by atoms with Crippen molar-refractivity contribution >= 4 is 16.0 Å². The first kappa shape index (κ1) is 14.2. The second kappa shape index (κ2) is 5.84. The number of nitrogens with one attached hydrogen (secondary N) is 3. The fourth-order valence-electron chi connectivity index (χ4n) is 1.46. The number of carbonyl (C=O) groups excluding carboxylic acids is 1. The second-order valence-corrected chi connectivity index (χ2v) is 5.44. The molecule has 0 fully saturated rings. The highest BCUT2D eigenvalue weighted by molar-refractivity contribution is 7.89. The molecule has 0 atom stereocenters. The number of H-pyrrole nitrogens is 2. The largest absolute Gasteiger partial charge is 0.462 e. The van der Waals surface area contributed by atoms with Crippen molar-refractivity contribution < 1.29 is 17.9 Å². The molecule has 10 heteroatoms. The molecule has 2 aromatic rings. The molecule has 9 nitrogen and oxygen atoms in total. The number of hydrogen-bond donors (Lipinski definition) is 3. The lowest BCUT2D eigenvalue weighted by Gasteiger charge is -2.05. The zero-order valence-electron chi connectivity index (χ0n) is 10.6. The minimum atomic E-state index is -3.90. The summed E-state index contributed by atoms with van der Waals surface area (Å²) in [5, 5.41) is 5.54. The van der Waals surface area contributed by atoms with Gasteiger partial charge in [0.05, 0.1) is 25.7 Å². The summed E-state index contributed by atoms with van der Waals surface area (Å²) in [5.41, 5.74) is 0.453. The predicted molar refractivity (Wildman–Crippen MR) is 67.2 cm³/mol. The summed E-state index contributed by atoms with van der Waals surface area (Å²) in [7, 11) is -3.90. The van der Waals surface area contributed by atoms with Gasteiger partial charge in [-0.05, 0) is 6.92 Å². The van der Waals surface area contributed by atoms with Gasteiger partial charge in [-0.1, -0.05) is 0 Å². The van der Waals surface area contributed by atoms with E-state index in [-0.39, 0.29) is 23.7 Å². The second-order valence-electron chi connectivity index (χ2n) is 3.73. The van der Waals surface area contributed by atoms with E-state index in [1.54, 1.807) is 6.92 Å². The Morgan fingerprint density at radius 2 is 2.25 bits per heavy atom. The zero-order valence-corrected chi connectivity index (χ0v) is 11.4. The Morgan fingerprint density at radius 1 is 1.45 bits per heavy atom. The van der Waals surface area contributed by atoms with Crippen LogP contribution in [-0.4, -0.2) is 41.2 Å². The first-order valence-corrected chi connectivity index (χ1v) is 7.20. The van der Waals surface area contributed by atoms with Crippen LogP contribution >= 0.6 is 0 Å². The van der Waals surface area contributed by atoms with E-state index in [1.807, 2.05) is 0 Å². The Kier molecular flexibility index (Phi) is 4.15. The highest BCUT2D eigenvalue weighted by Gasteiger charge is 2.25. The van der Waals surface area contributed by atoms with E-state index < -0.39 is 16.0 Å². The lowest BCUT2D eigenvalue weighted by molar-refractivity contribution is 0.0522. The number of imidazole rings is 1. The number of aromatic amines is 2. The number of aromatic nitrogens is 4. The van der Waals surface area contributed by atoms with Crippen LogP contribution in [0.1, 0.15) is 23.0 Å². The first-order chi connectivity index (χ1) is 9.54. The highest BCUT2D eigenvalue weighted by atomic mass is 32.2. The monoisotopic (exact) mass is 299 g/mol. The van der Waals surface area contributed by atoms with Crippen molar-refractivity contribution in [3.8, 4) is 0 Å². The number of rotatable bonds is 6. The van der Waals surface area contributed by atoms with Gasteiger partial charge >= 0.3 is 5.97 Å². The van der Waals surface area contributed by atoms with Gasteiger partial charge in [0.25, 0.3) is 10.0 Å². The molecule has 0 aromatic carbocycles. The molecule has 0 aliphatic heterocycles. The maximum Gasteiger partial charge on any atom is 0.342 e. The van der Waals surface area contributed by atoms with Crippen LogP contribution in [-0.2, 0) is 21.3 Å². The van der Waals surface area contributed by atoms with E-state index in [1.165, 1.54) is 12.5 Å². The van der Waals surface area contributed by atoms with Crippen LogP contribution in [0.5, 0.6) is 0 Å². The van der Waals surface area contributed by atoms with Crippen LogP contribution in [0.4, 0.5) is 0 Å². The summed E-state index contributed by atoms with van der Waals surface area (Å²) in [4.78, 5) is 18.1. The molecule has 3 N–H and O–H groups in total. The standard InChI is InChI=1S/C10H13N5O4S/c1-2-19-10(16)8-5-13-15-9(8)20(17,18)14-4-7-3-11-6-12-7/h3,5-6,14H,2,4H2,1H3,(H,11,12)(H,13,15). The van der Waals surface area contributed by atoms with Gasteiger partial charge in [-0.15, -0.1) is 0 Å². The van der Waals surface area contributed by atoms with Gasteiger partial charge < -0.3 is 9.72 Å². The lowest BCUT2D eigenvalue weighted by Crippen LogP contribution is -2.25. The number of hydrogen-bond acceptors (Lipinski definition) is 6. The van der Waals surface area contributed by atoms with Crippen molar-refractivity contribution in [3.05, 3.63) is 30.0 Å². The number of sulfonamides is 1. The molecule has 2 rings (SSSR count). The smallest absolute Gasteiger partial charge is 0.342 e. The summed E-state index contributed by atoms with van der Waals surface area (Å²) in [6, 6.07) is 0. The Labute approximate surface area is 114 Å². The molecule has 2 heterocycles. The van der Waals surface area contributed by atoms with Gasteiger partial charge in [-0.2, -0.15) is 5.10 Å². The fraction of sp³-hybridized carbons (Fsp3) is 0.300. The molecule has 0 bridgehead atoms. The minimum Gasteiger partial charge on any atom is -0.462 e. The average Bonchev–Trinajstić information content (AvgIpc) is 3.08. The lowest BCUT2D eigenvalue weighted by atomic mass is 10.4. The summed E-state index contributed by atoms with van der Waals surface area (Å²) in [6.07, 6.45) is 4.04. The molecule has 0 amide bonds. The van der Waals surface area contributed by atoms with Crippen LogP contribution in [0.15, 0.2) is 23.7 Å². The molecule has 108 valence electrons. The highest BCUT2D eigenvalue weighted by Crippen LogP contribution is 2.13. The molecule has 0 spiro atoms. The predicted octanol–water partition coefficient (Wildman–Crippen LogP) is -0.212. The minimum absolute atomic E-state index is 0.0175. The van der Waals surface area contributed by atoms with Gasteiger partial charge in [0.15, 0.2) is 5.03 Å². The average molecular weight is 299 g/mol. The Balaban J connectivity index is 2.17. The van der Waals surface area contributed by atoms with Crippen molar-refractivity contribution in [1.29, 1.82) is 0 Å². The van der Waals surface area contributed by atoms with Crippen LogP contribution in [0.25, 0.3) is 0 Å². The van der Waals surface area contributed by atoms with Gasteiger partial charge in [0, 0.05) is 11.9 Å². The molecular formula is C10H13N5O4S. The Bertz CT molecular complexity index is 676. The first-order valence-electron chi connectivity index (χ1n) is 5.72. The fourth-order valence-corrected chi connectivity index (χ4v) is 2.55. The van der Waals surface area contributed by atoms with Crippen LogP contribution in [0.3, 0.4) is 0 Å². The van der Waals surface area contributed by atoms with E-state index in [2.05, 4.69) is 24.9 Å². The summed E-state index contributed by atoms with van der Waals surface area (Å²) < 4.78 is 31.3. The van der Waals surface area contributed by atoms with Crippen LogP contribution < -0.4 is 4.72 Å². The number of carbonyl (C=O) groups is 1. The third-order valence-corrected chi connectivity index (χ3v) is 3.75. The number of esters is 1. The molecule has 20 heavy (non-hydrogen) atoms. The van der Waals surface area contributed by atoms with Crippen molar-refractivity contribution in [2.24, 2.45) is 0 Å². The van der Waals surface area contributed by atoms with Crippen molar-refractivity contribution in [1.82, 2.24) is 24.9 Å². The van der Waals surface area contributed by atoms with E-state index in [9.17, 15) is 13.2 Å². The van der Waals surface area contributed by atoms with Gasteiger partial charge in [0.2, 0.25) is 0 Å². The maximum absolute atomic E-state index is 12.1. The van der Waals surface area contributed by atoms with E-state index in [4.69, 9.17) is 4.74 Å². The molecule has 0 aliphatic rings. The van der Waals surface area contributed by atoms with E-state index >= 15 is 0 Å². The molecule has 0 saturated heterocycles. The number of nitrogens with zero attached hydrogens (tertiary/aromatic N) is 2. The third kappa shape index (κ3) is 3.03. The van der Waals surface area contributed by atoms with Gasteiger partial charge in [-0.25, -0.2) is 22.9 Å². The van der Waals surface area contributed by atoms with E-state index in [0.717, 1.165) is 6.20 Å². The van der Waals surface area contributed by atoms with Crippen LogP contribution in [0.2, 0.25) is 0 Å². The van der Waals surface area contributed by atoms with Crippen LogP contribution in [0, 0.1) is 0 Å². The Morgan fingerprint density at radius 3 is 2.90 bits per heavy atom. The quantitative estimate of drug-likeness (QED) is 0.633. The normalized spacial score (nSPS) is 11.4. The van der Waals surface area contributed by atoms with Crippen molar-refractivity contribution in [3.63, 3.8) is 0 Å². The molecule has 0 unspecified atom stereocenters. The molecule has 0 aliphatic carbocycles. The van der Waals surface area contributed by atoms with E-state index in [0.29, 0.717) is 5.69 Å². The number of ether oxygens (including phenoxy) is 1. The van der Waals surface area contributed by atoms with Crippen molar-refractivity contribution in [2.45, 2.75) is 18.5 Å². The SMILES string of the molecule is CCOC(=O)c1cn[nH]c1S(=O)(=O)NCc1cnc[nH]1. The third-order valence-electron chi connectivity index (χ3n) is 2.38. The molecular weight excluding hydrogens is 286 g/mol. The summed E-state index contributed by atoms with van der Waals surface area (Å²) in [5.74, 6) is -0.747. The molecule has 0 radical (unpaired) electrons. The molecule has 0 saturated carbocycles. The van der Waals surface area contributed by atoms with Gasteiger partial charge in [0.1, 0.15) is 5.56 Å². The molecule has 2 aromatic heterocycles. The maximum atomic E-state index is 12.1. The topological polar surface area (TPSA) is 130 Å². The Hall–Kier alpha value is -2.20. The summed E-state index contributed by atoms with van der Waals surface area (Å²) >= 11 is 0.